The zero-order chi connectivity index (χ0) is 6.20. The van der Waals surface area contributed by atoms with Crippen LogP contribution in [-0.4, -0.2) is 22.9 Å². The molecule has 1 aliphatic heterocycles. The van der Waals surface area contributed by atoms with Gasteiger partial charge in [-0.2, -0.15) is 8.78 Å². The van der Waals surface area contributed by atoms with Gasteiger partial charge in [0.15, 0.2) is 0 Å². The first-order valence-corrected chi connectivity index (χ1v) is 2.47. The predicted molar refractivity (Wildman–Crippen MR) is 22.7 cm³/mol. The summed E-state index contributed by atoms with van der Waals surface area (Å²) in [5.74, 6) is 0. The Morgan fingerprint density at radius 1 is 1.50 bits per heavy atom. The van der Waals surface area contributed by atoms with Crippen LogP contribution < -0.4 is 0 Å². The Morgan fingerprint density at radius 2 is 2.12 bits per heavy atom. The Bertz CT molecular complexity index is 96.0. The zero-order valence-corrected chi connectivity index (χ0v) is 4.27. The molecule has 48 valence electrons. The lowest BCUT2D eigenvalue weighted by Crippen LogP contribution is -2.31. The highest BCUT2D eigenvalue weighted by Gasteiger charge is 2.40. The van der Waals surface area contributed by atoms with Gasteiger partial charge in [-0.3, -0.25) is 0 Å². The number of hydrogen-bond donors (Lipinski definition) is 1. The molecule has 0 aromatic rings. The average molecular weight is 123 g/mol. The third kappa shape index (κ3) is 0.809. The molecule has 0 unspecified atom stereocenters. The minimum absolute atomic E-state index is 0.0903. The average Bonchev–Trinajstić information content (AvgIpc) is 1.86. The number of hydroxylamine groups is 2. The Balaban J connectivity index is 2.54. The molecule has 0 atom stereocenters. The first-order chi connectivity index (χ1) is 3.63. The molecule has 1 fully saturated rings. The summed E-state index contributed by atoms with van der Waals surface area (Å²) >= 11 is 0. The molecule has 0 amide bonds. The monoisotopic (exact) mass is 123 g/mol. The quantitative estimate of drug-likeness (QED) is 0.487. The van der Waals surface area contributed by atoms with Gasteiger partial charge in [0.2, 0.25) is 0 Å². The van der Waals surface area contributed by atoms with E-state index in [-0.39, 0.29) is 18.0 Å². The van der Waals surface area contributed by atoms with E-state index < -0.39 is 6.05 Å². The number of rotatable bonds is 0. The molecule has 0 aromatic heterocycles. The standard InChI is InChI=1S/C4H7F2NO/c5-4(6)2-1-3-7(4)8/h8H,1-3H2. The van der Waals surface area contributed by atoms with Crippen molar-refractivity contribution in [1.29, 1.82) is 0 Å². The summed E-state index contributed by atoms with van der Waals surface area (Å²) in [7, 11) is 0. The molecule has 0 saturated carbocycles. The van der Waals surface area contributed by atoms with E-state index in [0.717, 1.165) is 0 Å². The normalized spacial score (nSPS) is 28.9. The van der Waals surface area contributed by atoms with Crippen molar-refractivity contribution < 1.29 is 14.0 Å². The first kappa shape index (κ1) is 5.91. The number of alkyl halides is 2. The van der Waals surface area contributed by atoms with E-state index in [1.807, 2.05) is 0 Å². The van der Waals surface area contributed by atoms with Gasteiger partial charge in [-0.25, -0.2) is 0 Å². The van der Waals surface area contributed by atoms with Gasteiger partial charge < -0.3 is 5.21 Å². The second-order valence-electron chi connectivity index (χ2n) is 1.89. The fourth-order valence-corrected chi connectivity index (χ4v) is 0.734. The molecule has 0 spiro atoms. The van der Waals surface area contributed by atoms with Gasteiger partial charge in [0.25, 0.3) is 0 Å². The molecular weight excluding hydrogens is 116 g/mol. The highest BCUT2D eigenvalue weighted by Crippen LogP contribution is 2.29. The van der Waals surface area contributed by atoms with Gasteiger partial charge in [0, 0.05) is 13.0 Å². The van der Waals surface area contributed by atoms with E-state index >= 15 is 0 Å². The van der Waals surface area contributed by atoms with Crippen molar-refractivity contribution in [3.8, 4) is 0 Å². The predicted octanol–water partition coefficient (Wildman–Crippen LogP) is 1.06. The molecule has 1 saturated heterocycles. The molecule has 0 aromatic carbocycles. The van der Waals surface area contributed by atoms with Crippen LogP contribution in [0.25, 0.3) is 0 Å². The van der Waals surface area contributed by atoms with Crippen LogP contribution in [0.15, 0.2) is 0 Å². The van der Waals surface area contributed by atoms with Gasteiger partial charge in [-0.05, 0) is 6.42 Å². The van der Waals surface area contributed by atoms with Crippen molar-refractivity contribution in [3.05, 3.63) is 0 Å². The van der Waals surface area contributed by atoms with Crippen molar-refractivity contribution in [2.24, 2.45) is 0 Å². The maximum atomic E-state index is 12.0. The number of hydrogen-bond acceptors (Lipinski definition) is 2. The second kappa shape index (κ2) is 1.63. The summed E-state index contributed by atoms with van der Waals surface area (Å²) in [6.45, 7) is 0.0903. The minimum Gasteiger partial charge on any atom is -0.309 e. The van der Waals surface area contributed by atoms with Crippen LogP contribution in [0, 0.1) is 0 Å². The molecule has 0 bridgehead atoms. The third-order valence-corrected chi connectivity index (χ3v) is 1.23. The fourth-order valence-electron chi connectivity index (χ4n) is 0.734. The van der Waals surface area contributed by atoms with Crippen molar-refractivity contribution >= 4 is 0 Å². The van der Waals surface area contributed by atoms with E-state index in [1.54, 1.807) is 0 Å². The molecule has 8 heavy (non-hydrogen) atoms. The second-order valence-corrected chi connectivity index (χ2v) is 1.89. The SMILES string of the molecule is ON1CCCC1(F)F. The summed E-state index contributed by atoms with van der Waals surface area (Å²) in [4.78, 5) is 0. The Labute approximate surface area is 45.7 Å². The smallest absolute Gasteiger partial charge is 0.309 e. The van der Waals surface area contributed by atoms with E-state index in [2.05, 4.69) is 0 Å². The lowest BCUT2D eigenvalue weighted by atomic mass is 10.4. The van der Waals surface area contributed by atoms with Crippen LogP contribution in [0.1, 0.15) is 12.8 Å². The molecule has 4 heteroatoms. The van der Waals surface area contributed by atoms with E-state index in [0.29, 0.717) is 6.42 Å². The lowest BCUT2D eigenvalue weighted by molar-refractivity contribution is -0.263. The summed E-state index contributed by atoms with van der Waals surface area (Å²) in [6.07, 6.45) is 0.160. The van der Waals surface area contributed by atoms with E-state index in [9.17, 15) is 8.78 Å². The molecule has 2 nitrogen and oxygen atoms in total. The summed E-state index contributed by atoms with van der Waals surface area (Å²) in [6, 6.07) is -2.96. The highest BCUT2D eigenvalue weighted by molar-refractivity contribution is 4.69. The lowest BCUT2D eigenvalue weighted by Gasteiger charge is -2.14. The zero-order valence-electron chi connectivity index (χ0n) is 4.27. The van der Waals surface area contributed by atoms with Gasteiger partial charge >= 0.3 is 6.05 Å². The fraction of sp³-hybridized carbons (Fsp3) is 1.00. The molecule has 1 heterocycles. The largest absolute Gasteiger partial charge is 0.325 e. The molecule has 0 radical (unpaired) electrons. The molecule has 1 rings (SSSR count). The Morgan fingerprint density at radius 3 is 2.25 bits per heavy atom. The van der Waals surface area contributed by atoms with Crippen LogP contribution in [0.3, 0.4) is 0 Å². The minimum atomic E-state index is -2.96. The Hall–Kier alpha value is -0.220. The molecule has 1 N–H and O–H groups in total. The van der Waals surface area contributed by atoms with Gasteiger partial charge in [-0.1, -0.05) is 0 Å². The topological polar surface area (TPSA) is 23.5 Å². The van der Waals surface area contributed by atoms with E-state index in [4.69, 9.17) is 5.21 Å². The van der Waals surface area contributed by atoms with Crippen molar-refractivity contribution in [2.75, 3.05) is 6.54 Å². The highest BCUT2D eigenvalue weighted by atomic mass is 19.3. The maximum Gasteiger partial charge on any atom is 0.325 e. The number of nitrogens with zero attached hydrogens (tertiary/aromatic N) is 1. The van der Waals surface area contributed by atoms with Gasteiger partial charge in [0.05, 0.1) is 0 Å². The van der Waals surface area contributed by atoms with E-state index in [1.165, 1.54) is 0 Å². The third-order valence-electron chi connectivity index (χ3n) is 1.23. The summed E-state index contributed by atoms with van der Waals surface area (Å²) < 4.78 is 24.0. The maximum absolute atomic E-state index is 12.0. The van der Waals surface area contributed by atoms with Crippen molar-refractivity contribution in [1.82, 2.24) is 5.06 Å². The molecular formula is C4H7F2NO. The van der Waals surface area contributed by atoms with Crippen LogP contribution in [-0.2, 0) is 0 Å². The summed E-state index contributed by atoms with van der Waals surface area (Å²) in [5.41, 5.74) is 0. The van der Waals surface area contributed by atoms with Gasteiger partial charge in [0.1, 0.15) is 0 Å². The van der Waals surface area contributed by atoms with Crippen LogP contribution in [0.5, 0.6) is 0 Å². The van der Waals surface area contributed by atoms with Crippen molar-refractivity contribution in [3.63, 3.8) is 0 Å². The molecule has 1 aliphatic rings. The Kier molecular flexibility index (Phi) is 1.21. The first-order valence-electron chi connectivity index (χ1n) is 2.47. The molecule has 0 aliphatic carbocycles. The summed E-state index contributed by atoms with van der Waals surface area (Å²) in [5, 5.41) is 8.43. The number of halogens is 2. The van der Waals surface area contributed by atoms with Crippen molar-refractivity contribution in [2.45, 2.75) is 18.9 Å². The van der Waals surface area contributed by atoms with Crippen LogP contribution in [0.2, 0.25) is 0 Å². The van der Waals surface area contributed by atoms with Gasteiger partial charge in [-0.15, -0.1) is 5.06 Å². The van der Waals surface area contributed by atoms with Crippen LogP contribution in [0.4, 0.5) is 8.78 Å². The van der Waals surface area contributed by atoms with Crippen LogP contribution >= 0.6 is 0 Å².